The third-order valence-corrected chi connectivity index (χ3v) is 3.68. The van der Waals surface area contributed by atoms with E-state index in [0.29, 0.717) is 5.92 Å². The predicted molar refractivity (Wildman–Crippen MR) is 74.1 cm³/mol. The standard InChI is InChI=1S/C14H25N3O2/c1-4-13-12(10-17(2)16-13)14-11(5-7-19-14)9-15-6-8-18-3/h10-11,14-15H,4-9H2,1-3H3. The molecule has 2 unspecified atom stereocenters. The molecular weight excluding hydrogens is 242 g/mol. The van der Waals surface area contributed by atoms with Gasteiger partial charge in [-0.05, 0) is 12.8 Å². The van der Waals surface area contributed by atoms with Crippen molar-refractivity contribution in [3.05, 3.63) is 17.5 Å². The molecule has 0 amide bonds. The summed E-state index contributed by atoms with van der Waals surface area (Å²) < 4.78 is 12.9. The molecule has 0 aromatic carbocycles. The third-order valence-electron chi connectivity index (χ3n) is 3.68. The Balaban J connectivity index is 1.97. The van der Waals surface area contributed by atoms with Crippen LogP contribution in [0.4, 0.5) is 0 Å². The molecule has 1 saturated heterocycles. The van der Waals surface area contributed by atoms with Crippen LogP contribution in [0.1, 0.15) is 30.7 Å². The second-order valence-electron chi connectivity index (χ2n) is 5.10. The Bertz CT molecular complexity index is 392. The van der Waals surface area contributed by atoms with Crippen LogP contribution in [0.15, 0.2) is 6.20 Å². The maximum Gasteiger partial charge on any atom is 0.0899 e. The van der Waals surface area contributed by atoms with Gasteiger partial charge in [0.2, 0.25) is 0 Å². The van der Waals surface area contributed by atoms with E-state index >= 15 is 0 Å². The van der Waals surface area contributed by atoms with Crippen molar-refractivity contribution in [2.45, 2.75) is 25.9 Å². The molecule has 0 radical (unpaired) electrons. The van der Waals surface area contributed by atoms with Crippen molar-refractivity contribution in [2.24, 2.45) is 13.0 Å². The van der Waals surface area contributed by atoms with Crippen LogP contribution in [0.5, 0.6) is 0 Å². The second kappa shape index (κ2) is 7.03. The molecule has 0 aliphatic carbocycles. The van der Waals surface area contributed by atoms with E-state index in [4.69, 9.17) is 9.47 Å². The number of ether oxygens (including phenoxy) is 2. The molecule has 2 rings (SSSR count). The van der Waals surface area contributed by atoms with E-state index in [1.807, 2.05) is 11.7 Å². The first-order valence-corrected chi connectivity index (χ1v) is 7.10. The lowest BCUT2D eigenvalue weighted by molar-refractivity contribution is 0.0891. The molecule has 0 saturated carbocycles. The van der Waals surface area contributed by atoms with Gasteiger partial charge >= 0.3 is 0 Å². The molecule has 2 heterocycles. The number of aromatic nitrogens is 2. The summed E-state index contributed by atoms with van der Waals surface area (Å²) in [6, 6.07) is 0. The van der Waals surface area contributed by atoms with E-state index in [-0.39, 0.29) is 6.10 Å². The predicted octanol–water partition coefficient (Wildman–Crippen LogP) is 1.30. The number of hydrogen-bond donors (Lipinski definition) is 1. The van der Waals surface area contributed by atoms with Crippen LogP contribution >= 0.6 is 0 Å². The highest BCUT2D eigenvalue weighted by molar-refractivity contribution is 5.22. The molecule has 1 aliphatic rings. The lowest BCUT2D eigenvalue weighted by atomic mass is 9.95. The summed E-state index contributed by atoms with van der Waals surface area (Å²) in [5.41, 5.74) is 2.43. The van der Waals surface area contributed by atoms with Gasteiger partial charge in [0.05, 0.1) is 18.4 Å². The summed E-state index contributed by atoms with van der Waals surface area (Å²) in [4.78, 5) is 0. The molecule has 1 fully saturated rings. The quantitative estimate of drug-likeness (QED) is 0.756. The number of nitrogens with one attached hydrogen (secondary N) is 1. The van der Waals surface area contributed by atoms with Crippen molar-refractivity contribution in [2.75, 3.05) is 33.4 Å². The normalized spacial score (nSPS) is 23.1. The highest BCUT2D eigenvalue weighted by atomic mass is 16.5. The molecule has 5 nitrogen and oxygen atoms in total. The zero-order valence-corrected chi connectivity index (χ0v) is 12.2. The molecule has 1 N–H and O–H groups in total. The summed E-state index contributed by atoms with van der Waals surface area (Å²) in [6.07, 6.45) is 4.37. The molecule has 1 aliphatic heterocycles. The van der Waals surface area contributed by atoms with E-state index < -0.39 is 0 Å². The van der Waals surface area contributed by atoms with Gasteiger partial charge in [-0.3, -0.25) is 4.68 Å². The van der Waals surface area contributed by atoms with E-state index in [2.05, 4.69) is 23.5 Å². The summed E-state index contributed by atoms with van der Waals surface area (Å²) in [5, 5.41) is 7.95. The van der Waals surface area contributed by atoms with Crippen molar-refractivity contribution in [3.63, 3.8) is 0 Å². The van der Waals surface area contributed by atoms with Gasteiger partial charge in [0.1, 0.15) is 0 Å². The van der Waals surface area contributed by atoms with Crippen LogP contribution < -0.4 is 5.32 Å². The summed E-state index contributed by atoms with van der Waals surface area (Å²) >= 11 is 0. The first-order chi connectivity index (χ1) is 9.26. The summed E-state index contributed by atoms with van der Waals surface area (Å²) in [7, 11) is 3.70. The van der Waals surface area contributed by atoms with Gasteiger partial charge in [0.25, 0.3) is 0 Å². The number of aryl methyl sites for hydroxylation is 2. The molecule has 0 spiro atoms. The molecule has 2 atom stereocenters. The van der Waals surface area contributed by atoms with Gasteiger partial charge < -0.3 is 14.8 Å². The smallest absolute Gasteiger partial charge is 0.0899 e. The van der Waals surface area contributed by atoms with E-state index in [0.717, 1.165) is 44.8 Å². The first kappa shape index (κ1) is 14.5. The van der Waals surface area contributed by atoms with Gasteiger partial charge in [-0.2, -0.15) is 5.10 Å². The minimum atomic E-state index is 0.193. The van der Waals surface area contributed by atoms with E-state index in [1.54, 1.807) is 7.11 Å². The van der Waals surface area contributed by atoms with Crippen molar-refractivity contribution in [1.82, 2.24) is 15.1 Å². The Morgan fingerprint density at radius 2 is 2.42 bits per heavy atom. The van der Waals surface area contributed by atoms with Crippen LogP contribution in [0.2, 0.25) is 0 Å². The average molecular weight is 267 g/mol. The van der Waals surface area contributed by atoms with Crippen LogP contribution in [0.25, 0.3) is 0 Å². The summed E-state index contributed by atoms with van der Waals surface area (Å²) in [6.45, 7) is 5.62. The fourth-order valence-electron chi connectivity index (χ4n) is 2.71. The largest absolute Gasteiger partial charge is 0.383 e. The van der Waals surface area contributed by atoms with Crippen molar-refractivity contribution < 1.29 is 9.47 Å². The lowest BCUT2D eigenvalue weighted by Gasteiger charge is -2.19. The maximum atomic E-state index is 5.94. The Morgan fingerprint density at radius 1 is 1.58 bits per heavy atom. The SMILES string of the molecule is CCc1nn(C)cc1C1OCCC1CNCCOC. The second-order valence-corrected chi connectivity index (χ2v) is 5.10. The maximum absolute atomic E-state index is 5.94. The molecule has 108 valence electrons. The van der Waals surface area contributed by atoms with Crippen molar-refractivity contribution in [1.29, 1.82) is 0 Å². The number of rotatable bonds is 7. The fourth-order valence-corrected chi connectivity index (χ4v) is 2.71. The van der Waals surface area contributed by atoms with Gasteiger partial charge in [0.15, 0.2) is 0 Å². The Hall–Kier alpha value is -0.910. The zero-order valence-electron chi connectivity index (χ0n) is 12.2. The highest BCUT2D eigenvalue weighted by Crippen LogP contribution is 2.35. The van der Waals surface area contributed by atoms with Crippen molar-refractivity contribution in [3.8, 4) is 0 Å². The molecule has 1 aromatic heterocycles. The molecule has 5 heteroatoms. The molecule has 1 aromatic rings. The minimum absolute atomic E-state index is 0.193. The van der Waals surface area contributed by atoms with Crippen molar-refractivity contribution >= 4 is 0 Å². The number of methoxy groups -OCH3 is 1. The van der Waals surface area contributed by atoms with Crippen LogP contribution in [-0.4, -0.2) is 43.2 Å². The number of hydrogen-bond acceptors (Lipinski definition) is 4. The fraction of sp³-hybridized carbons (Fsp3) is 0.786. The molecule has 19 heavy (non-hydrogen) atoms. The third kappa shape index (κ3) is 3.55. The lowest BCUT2D eigenvalue weighted by Crippen LogP contribution is -2.27. The van der Waals surface area contributed by atoms with Crippen LogP contribution in [0, 0.1) is 5.92 Å². The monoisotopic (exact) mass is 267 g/mol. The topological polar surface area (TPSA) is 48.3 Å². The first-order valence-electron chi connectivity index (χ1n) is 7.10. The van der Waals surface area contributed by atoms with Gasteiger partial charge in [0, 0.05) is 51.5 Å². The minimum Gasteiger partial charge on any atom is -0.383 e. The number of nitrogens with zero attached hydrogens (tertiary/aromatic N) is 2. The van der Waals surface area contributed by atoms with Gasteiger partial charge in [-0.25, -0.2) is 0 Å². The average Bonchev–Trinajstić information content (AvgIpc) is 3.00. The highest BCUT2D eigenvalue weighted by Gasteiger charge is 2.31. The van der Waals surface area contributed by atoms with Gasteiger partial charge in [-0.15, -0.1) is 0 Å². The Kier molecular flexibility index (Phi) is 5.36. The van der Waals surface area contributed by atoms with E-state index in [9.17, 15) is 0 Å². The molecule has 0 bridgehead atoms. The zero-order chi connectivity index (χ0) is 13.7. The Morgan fingerprint density at radius 3 is 3.16 bits per heavy atom. The van der Waals surface area contributed by atoms with Crippen LogP contribution in [0.3, 0.4) is 0 Å². The van der Waals surface area contributed by atoms with Crippen LogP contribution in [-0.2, 0) is 22.9 Å². The van der Waals surface area contributed by atoms with Gasteiger partial charge in [-0.1, -0.05) is 6.92 Å². The molecular formula is C14H25N3O2. The Labute approximate surface area is 115 Å². The summed E-state index contributed by atoms with van der Waals surface area (Å²) in [5.74, 6) is 0.534. The van der Waals surface area contributed by atoms with E-state index in [1.165, 1.54) is 5.56 Å².